The van der Waals surface area contributed by atoms with Gasteiger partial charge in [0.2, 0.25) is 0 Å². The van der Waals surface area contributed by atoms with E-state index in [1.54, 1.807) is 0 Å². The van der Waals surface area contributed by atoms with Crippen LogP contribution >= 0.6 is 15.9 Å². The molecule has 1 saturated carbocycles. The van der Waals surface area contributed by atoms with E-state index in [1.807, 2.05) is 0 Å². The molecule has 1 fully saturated rings. The van der Waals surface area contributed by atoms with Crippen molar-refractivity contribution in [3.8, 4) is 0 Å². The fourth-order valence-corrected chi connectivity index (χ4v) is 4.17. The summed E-state index contributed by atoms with van der Waals surface area (Å²) in [6.45, 7) is 3.14. The van der Waals surface area contributed by atoms with Gasteiger partial charge >= 0.3 is 0 Å². The molecule has 4 heteroatoms. The smallest absolute Gasteiger partial charge is 0.196 e. The fourth-order valence-electron chi connectivity index (χ4n) is 3.90. The summed E-state index contributed by atoms with van der Waals surface area (Å²) in [5, 5.41) is 0. The average Bonchev–Trinajstić information content (AvgIpc) is 2.80. The number of hydrogen-bond donors (Lipinski definition) is 1. The Labute approximate surface area is 135 Å². The lowest BCUT2D eigenvalue weighted by molar-refractivity contribution is 0.238. The zero-order valence-electron chi connectivity index (χ0n) is 12.7. The van der Waals surface area contributed by atoms with Crippen molar-refractivity contribution in [3.05, 3.63) is 28.7 Å². The second-order valence-corrected chi connectivity index (χ2v) is 7.36. The van der Waals surface area contributed by atoms with E-state index in [0.717, 1.165) is 16.9 Å². The van der Waals surface area contributed by atoms with Gasteiger partial charge in [0.25, 0.3) is 0 Å². The van der Waals surface area contributed by atoms with Crippen LogP contribution in [0.15, 0.2) is 33.7 Å². The summed E-state index contributed by atoms with van der Waals surface area (Å²) in [6.07, 6.45) is 7.70. The molecular weight excluding hydrogens is 326 g/mol. The van der Waals surface area contributed by atoms with Gasteiger partial charge in [-0.1, -0.05) is 35.7 Å². The van der Waals surface area contributed by atoms with Gasteiger partial charge in [-0.25, -0.2) is 0 Å². The van der Waals surface area contributed by atoms with Crippen LogP contribution in [-0.4, -0.2) is 18.0 Å². The molecule has 0 saturated heterocycles. The lowest BCUT2D eigenvalue weighted by Crippen LogP contribution is -2.53. The predicted octanol–water partition coefficient (Wildman–Crippen LogP) is 4.31. The van der Waals surface area contributed by atoms with Crippen LogP contribution in [0.1, 0.15) is 45.4 Å². The van der Waals surface area contributed by atoms with Crippen LogP contribution in [0.25, 0.3) is 0 Å². The summed E-state index contributed by atoms with van der Waals surface area (Å²) >= 11 is 3.50. The fraction of sp³-hybridized carbons (Fsp3) is 0.588. The molecule has 0 aromatic heterocycles. The standard InChI is InChI=1S/C17H24BrN3/c1-2-3-13-8-10-17(11-9-13)12-20-16(19)21(17)15-6-4-14(18)5-7-15/h4-7,13H,2-3,8-12H2,1H3,(H2,19,20). The Kier molecular flexibility index (Phi) is 4.25. The first kappa shape index (κ1) is 14.9. The molecule has 3 nitrogen and oxygen atoms in total. The lowest BCUT2D eigenvalue weighted by Gasteiger charge is -2.44. The Balaban J connectivity index is 1.81. The van der Waals surface area contributed by atoms with Crippen molar-refractivity contribution in [2.75, 3.05) is 11.4 Å². The number of guanidine groups is 1. The second kappa shape index (κ2) is 5.99. The SMILES string of the molecule is CCCC1CCC2(CC1)CN=C(N)N2c1ccc(Br)cc1. The van der Waals surface area contributed by atoms with Crippen molar-refractivity contribution in [1.29, 1.82) is 0 Å². The quantitative estimate of drug-likeness (QED) is 0.882. The zero-order valence-corrected chi connectivity index (χ0v) is 14.3. The molecule has 114 valence electrons. The summed E-state index contributed by atoms with van der Waals surface area (Å²) in [4.78, 5) is 6.87. The van der Waals surface area contributed by atoms with Gasteiger partial charge in [-0.15, -0.1) is 0 Å². The molecule has 1 aromatic carbocycles. The average molecular weight is 350 g/mol. The maximum atomic E-state index is 6.21. The number of anilines is 1. The van der Waals surface area contributed by atoms with Crippen molar-refractivity contribution in [1.82, 2.24) is 0 Å². The first-order valence-corrected chi connectivity index (χ1v) is 8.80. The summed E-state index contributed by atoms with van der Waals surface area (Å²) in [6, 6.07) is 8.43. The number of hydrogen-bond acceptors (Lipinski definition) is 3. The van der Waals surface area contributed by atoms with Gasteiger partial charge in [0.05, 0.1) is 12.1 Å². The van der Waals surface area contributed by atoms with Crippen LogP contribution in [0.4, 0.5) is 5.69 Å². The number of halogens is 1. The van der Waals surface area contributed by atoms with Gasteiger partial charge in [-0.05, 0) is 55.9 Å². The predicted molar refractivity (Wildman–Crippen MR) is 92.7 cm³/mol. The molecule has 1 aliphatic carbocycles. The van der Waals surface area contributed by atoms with Gasteiger partial charge < -0.3 is 10.6 Å². The molecule has 1 spiro atoms. The highest BCUT2D eigenvalue weighted by atomic mass is 79.9. The molecule has 0 unspecified atom stereocenters. The van der Waals surface area contributed by atoms with Crippen molar-refractivity contribution in [2.45, 2.75) is 51.0 Å². The number of nitrogens with two attached hydrogens (primary N) is 1. The van der Waals surface area contributed by atoms with Crippen molar-refractivity contribution in [2.24, 2.45) is 16.6 Å². The molecular formula is C17H24BrN3. The number of rotatable bonds is 3. The highest BCUT2D eigenvalue weighted by Gasteiger charge is 2.45. The van der Waals surface area contributed by atoms with E-state index in [2.05, 4.69) is 57.0 Å². The Hall–Kier alpha value is -1.03. The Bertz CT molecular complexity index is 515. The maximum Gasteiger partial charge on any atom is 0.196 e. The van der Waals surface area contributed by atoms with E-state index in [4.69, 9.17) is 5.73 Å². The molecule has 21 heavy (non-hydrogen) atoms. The van der Waals surface area contributed by atoms with Crippen LogP contribution in [0.3, 0.4) is 0 Å². The minimum absolute atomic E-state index is 0.127. The van der Waals surface area contributed by atoms with E-state index < -0.39 is 0 Å². The molecule has 2 N–H and O–H groups in total. The molecule has 1 aliphatic heterocycles. The normalized spacial score (nSPS) is 29.0. The molecule has 2 aliphatic rings. The summed E-state index contributed by atoms with van der Waals surface area (Å²) in [5.74, 6) is 1.58. The molecule has 0 amide bonds. The van der Waals surface area contributed by atoms with Crippen molar-refractivity contribution < 1.29 is 0 Å². The number of aliphatic imine (C=N–C) groups is 1. The Morgan fingerprint density at radius 2 is 1.95 bits per heavy atom. The third kappa shape index (κ3) is 2.83. The minimum atomic E-state index is 0.127. The maximum absolute atomic E-state index is 6.21. The van der Waals surface area contributed by atoms with E-state index >= 15 is 0 Å². The van der Waals surface area contributed by atoms with Crippen LogP contribution in [-0.2, 0) is 0 Å². The van der Waals surface area contributed by atoms with Gasteiger partial charge in [0.1, 0.15) is 0 Å². The van der Waals surface area contributed by atoms with Gasteiger partial charge in [0, 0.05) is 10.2 Å². The third-order valence-corrected chi connectivity index (χ3v) is 5.59. The van der Waals surface area contributed by atoms with Gasteiger partial charge in [-0.3, -0.25) is 4.99 Å². The molecule has 3 rings (SSSR count). The Morgan fingerprint density at radius 3 is 2.57 bits per heavy atom. The minimum Gasteiger partial charge on any atom is -0.369 e. The number of benzene rings is 1. The lowest BCUT2D eigenvalue weighted by atomic mass is 9.74. The van der Waals surface area contributed by atoms with Crippen LogP contribution < -0.4 is 10.6 Å². The third-order valence-electron chi connectivity index (χ3n) is 5.06. The van der Waals surface area contributed by atoms with Gasteiger partial charge in [0.15, 0.2) is 5.96 Å². The van der Waals surface area contributed by atoms with E-state index in [-0.39, 0.29) is 5.54 Å². The highest BCUT2D eigenvalue weighted by molar-refractivity contribution is 9.10. The highest BCUT2D eigenvalue weighted by Crippen LogP contribution is 2.42. The Morgan fingerprint density at radius 1 is 1.29 bits per heavy atom. The summed E-state index contributed by atoms with van der Waals surface area (Å²) < 4.78 is 1.10. The summed E-state index contributed by atoms with van der Waals surface area (Å²) in [5.41, 5.74) is 7.51. The van der Waals surface area contributed by atoms with Gasteiger partial charge in [-0.2, -0.15) is 0 Å². The van der Waals surface area contributed by atoms with Crippen LogP contribution in [0.5, 0.6) is 0 Å². The summed E-state index contributed by atoms with van der Waals surface area (Å²) in [7, 11) is 0. The molecule has 1 heterocycles. The van der Waals surface area contributed by atoms with Crippen molar-refractivity contribution >= 4 is 27.6 Å². The number of nitrogens with zero attached hydrogens (tertiary/aromatic N) is 2. The zero-order chi connectivity index (χ0) is 14.9. The van der Waals surface area contributed by atoms with Crippen LogP contribution in [0, 0.1) is 5.92 Å². The second-order valence-electron chi connectivity index (χ2n) is 6.44. The molecule has 0 radical (unpaired) electrons. The van der Waals surface area contributed by atoms with Crippen molar-refractivity contribution in [3.63, 3.8) is 0 Å². The first-order chi connectivity index (χ1) is 10.1. The van der Waals surface area contributed by atoms with Crippen LogP contribution in [0.2, 0.25) is 0 Å². The monoisotopic (exact) mass is 349 g/mol. The molecule has 1 aromatic rings. The topological polar surface area (TPSA) is 41.6 Å². The van der Waals surface area contributed by atoms with E-state index in [1.165, 1.54) is 44.2 Å². The van der Waals surface area contributed by atoms with E-state index in [9.17, 15) is 0 Å². The molecule has 0 bridgehead atoms. The first-order valence-electron chi connectivity index (χ1n) is 8.00. The molecule has 0 atom stereocenters. The van der Waals surface area contributed by atoms with E-state index in [0.29, 0.717) is 5.96 Å². The largest absolute Gasteiger partial charge is 0.369 e.